The molecule has 154 valence electrons. The Bertz CT molecular complexity index is 1110. The van der Waals surface area contributed by atoms with E-state index in [9.17, 15) is 18.0 Å². The van der Waals surface area contributed by atoms with Crippen LogP contribution in [0.15, 0.2) is 53.7 Å². The van der Waals surface area contributed by atoms with Crippen LogP contribution in [0.5, 0.6) is 0 Å². The van der Waals surface area contributed by atoms with Crippen LogP contribution in [0.25, 0.3) is 17.1 Å². The van der Waals surface area contributed by atoms with E-state index in [0.29, 0.717) is 10.6 Å². The third-order valence-electron chi connectivity index (χ3n) is 3.86. The summed E-state index contributed by atoms with van der Waals surface area (Å²) in [6.07, 6.45) is -4.61. The highest BCUT2D eigenvalue weighted by atomic mass is 35.5. The first kappa shape index (κ1) is 21.7. The third kappa shape index (κ3) is 4.93. The Morgan fingerprint density at radius 3 is 2.67 bits per heavy atom. The summed E-state index contributed by atoms with van der Waals surface area (Å²) in [6.45, 7) is -0.170. The van der Waals surface area contributed by atoms with E-state index in [1.54, 1.807) is 30.3 Å². The first-order valence-electron chi connectivity index (χ1n) is 8.45. The zero-order valence-electron chi connectivity index (χ0n) is 15.2. The van der Waals surface area contributed by atoms with Gasteiger partial charge in [-0.1, -0.05) is 47.6 Å². The van der Waals surface area contributed by atoms with E-state index in [4.69, 9.17) is 16.9 Å². The molecule has 0 aliphatic rings. The van der Waals surface area contributed by atoms with E-state index in [0.717, 1.165) is 17.8 Å². The molecule has 0 saturated heterocycles. The second-order valence-electron chi connectivity index (χ2n) is 5.89. The molecule has 1 amide bonds. The number of carbonyl (C=O) groups excluding carboxylic acids is 1. The van der Waals surface area contributed by atoms with Crippen molar-refractivity contribution in [2.45, 2.75) is 11.3 Å². The summed E-state index contributed by atoms with van der Waals surface area (Å²) in [5.74, 6) is -0.456. The van der Waals surface area contributed by atoms with Crippen molar-refractivity contribution in [3.8, 4) is 23.1 Å². The summed E-state index contributed by atoms with van der Waals surface area (Å²) >= 11 is 6.94. The predicted octanol–water partition coefficient (Wildman–Crippen LogP) is 4.34. The Balaban J connectivity index is 2.10. The maximum Gasteiger partial charge on any atom is 0.418 e. The molecule has 1 heterocycles. The van der Waals surface area contributed by atoms with Gasteiger partial charge in [0.25, 0.3) is 0 Å². The lowest BCUT2D eigenvalue weighted by Gasteiger charge is -2.16. The molecule has 0 radical (unpaired) electrons. The monoisotopic (exact) mass is 451 g/mol. The van der Waals surface area contributed by atoms with Crippen molar-refractivity contribution >= 4 is 29.3 Å². The van der Waals surface area contributed by atoms with Gasteiger partial charge >= 0.3 is 6.18 Å². The highest BCUT2D eigenvalue weighted by Gasteiger charge is 2.35. The summed E-state index contributed by atoms with van der Waals surface area (Å²) in [5, 5.41) is 19.4. The largest absolute Gasteiger partial charge is 0.418 e. The number of aromatic nitrogens is 3. The number of carbonyl (C=O) groups is 1. The fourth-order valence-electron chi connectivity index (χ4n) is 2.62. The van der Waals surface area contributed by atoms with Gasteiger partial charge in [-0.3, -0.25) is 9.36 Å². The molecule has 3 aromatic rings. The number of rotatable bonds is 6. The number of para-hydroxylation sites is 1. The average Bonchev–Trinajstić information content (AvgIpc) is 3.14. The van der Waals surface area contributed by atoms with Crippen molar-refractivity contribution in [2.24, 2.45) is 0 Å². The predicted molar refractivity (Wildman–Crippen MR) is 106 cm³/mol. The van der Waals surface area contributed by atoms with Gasteiger partial charge in [0.1, 0.15) is 6.54 Å². The van der Waals surface area contributed by atoms with Crippen molar-refractivity contribution in [3.63, 3.8) is 0 Å². The van der Waals surface area contributed by atoms with E-state index in [-0.39, 0.29) is 29.0 Å². The first-order valence-corrected chi connectivity index (χ1v) is 9.82. The zero-order valence-corrected chi connectivity index (χ0v) is 16.7. The van der Waals surface area contributed by atoms with Crippen molar-refractivity contribution in [1.29, 1.82) is 5.26 Å². The Labute approximate surface area is 178 Å². The van der Waals surface area contributed by atoms with Gasteiger partial charge in [0, 0.05) is 10.6 Å². The van der Waals surface area contributed by atoms with E-state index in [1.807, 2.05) is 0 Å². The van der Waals surface area contributed by atoms with Gasteiger partial charge in [-0.2, -0.15) is 18.4 Å². The summed E-state index contributed by atoms with van der Waals surface area (Å²) in [4.78, 5) is 11.8. The molecular weight excluding hydrogens is 439 g/mol. The van der Waals surface area contributed by atoms with Crippen LogP contribution in [-0.4, -0.2) is 33.0 Å². The van der Waals surface area contributed by atoms with E-state index < -0.39 is 17.6 Å². The van der Waals surface area contributed by atoms with Crippen LogP contribution in [-0.2, 0) is 11.0 Å². The molecule has 0 bridgehead atoms. The smallest absolute Gasteiger partial charge is 0.342 e. The molecule has 6 nitrogen and oxygen atoms in total. The third-order valence-corrected chi connectivity index (χ3v) is 5.03. The van der Waals surface area contributed by atoms with Crippen molar-refractivity contribution in [1.82, 2.24) is 20.1 Å². The standard InChI is InChI=1S/C19H13ClF3N5OS/c20-13-5-3-4-12(10-13)17-26-27-18(30-11-16(29)25-9-8-24)28(17)15-7-2-1-6-14(15)19(21,22)23/h1-7,10H,9,11H2,(H,25,29). The van der Waals surface area contributed by atoms with E-state index in [1.165, 1.54) is 22.8 Å². The summed E-state index contributed by atoms with van der Waals surface area (Å²) in [7, 11) is 0. The van der Waals surface area contributed by atoms with Gasteiger partial charge in [0.2, 0.25) is 5.91 Å². The Kier molecular flexibility index (Phi) is 6.64. The van der Waals surface area contributed by atoms with E-state index in [2.05, 4.69) is 15.5 Å². The van der Waals surface area contributed by atoms with Crippen molar-refractivity contribution in [3.05, 3.63) is 59.1 Å². The van der Waals surface area contributed by atoms with Crippen LogP contribution in [0.3, 0.4) is 0 Å². The van der Waals surface area contributed by atoms with Crippen LogP contribution in [0.2, 0.25) is 5.02 Å². The van der Waals surface area contributed by atoms with Crippen LogP contribution < -0.4 is 5.32 Å². The number of amides is 1. The van der Waals surface area contributed by atoms with Gasteiger partial charge in [-0.05, 0) is 24.3 Å². The minimum absolute atomic E-state index is 0.0915. The molecule has 0 unspecified atom stereocenters. The molecule has 0 spiro atoms. The number of hydrogen-bond donors (Lipinski definition) is 1. The fourth-order valence-corrected chi connectivity index (χ4v) is 3.59. The fraction of sp³-hybridized carbons (Fsp3) is 0.158. The molecule has 1 aromatic heterocycles. The minimum atomic E-state index is -4.61. The lowest BCUT2D eigenvalue weighted by molar-refractivity contribution is -0.137. The highest BCUT2D eigenvalue weighted by Crippen LogP contribution is 2.37. The average molecular weight is 452 g/mol. The first-order chi connectivity index (χ1) is 14.3. The number of benzene rings is 2. The summed E-state index contributed by atoms with van der Waals surface area (Å²) in [6, 6.07) is 13.3. The normalized spacial score (nSPS) is 11.2. The molecular formula is C19H13ClF3N5OS. The topological polar surface area (TPSA) is 83.6 Å². The molecule has 30 heavy (non-hydrogen) atoms. The maximum atomic E-state index is 13.6. The number of hydrogen-bond acceptors (Lipinski definition) is 5. The van der Waals surface area contributed by atoms with Crippen LogP contribution >= 0.6 is 23.4 Å². The zero-order chi connectivity index (χ0) is 21.7. The van der Waals surface area contributed by atoms with Crippen LogP contribution in [0.4, 0.5) is 13.2 Å². The number of nitrogens with zero attached hydrogens (tertiary/aromatic N) is 4. The number of alkyl halides is 3. The molecule has 0 fully saturated rings. The summed E-state index contributed by atoms with van der Waals surface area (Å²) < 4.78 is 42.2. The van der Waals surface area contributed by atoms with Gasteiger partial charge < -0.3 is 5.32 Å². The Hall–Kier alpha value is -3.03. The molecule has 2 aromatic carbocycles. The summed E-state index contributed by atoms with van der Waals surface area (Å²) in [5.41, 5.74) is -0.582. The molecule has 0 atom stereocenters. The minimum Gasteiger partial charge on any atom is -0.342 e. The molecule has 0 aliphatic heterocycles. The Morgan fingerprint density at radius 1 is 1.20 bits per heavy atom. The lowest BCUT2D eigenvalue weighted by Crippen LogP contribution is -2.25. The molecule has 11 heteroatoms. The number of halogens is 4. The van der Waals surface area contributed by atoms with Gasteiger partial charge in [-0.15, -0.1) is 10.2 Å². The number of nitriles is 1. The highest BCUT2D eigenvalue weighted by molar-refractivity contribution is 7.99. The number of nitrogens with one attached hydrogen (secondary N) is 1. The SMILES string of the molecule is N#CCNC(=O)CSc1nnc(-c2cccc(Cl)c2)n1-c1ccccc1C(F)(F)F. The second kappa shape index (κ2) is 9.19. The molecule has 1 N–H and O–H groups in total. The molecule has 3 rings (SSSR count). The van der Waals surface area contributed by atoms with Gasteiger partial charge in [0.15, 0.2) is 11.0 Å². The van der Waals surface area contributed by atoms with E-state index >= 15 is 0 Å². The number of thioether (sulfide) groups is 1. The van der Waals surface area contributed by atoms with Crippen molar-refractivity contribution < 1.29 is 18.0 Å². The van der Waals surface area contributed by atoms with Crippen LogP contribution in [0.1, 0.15) is 5.56 Å². The van der Waals surface area contributed by atoms with Gasteiger partial charge in [0.05, 0.1) is 23.1 Å². The maximum absolute atomic E-state index is 13.6. The molecule has 0 aliphatic carbocycles. The Morgan fingerprint density at radius 2 is 1.97 bits per heavy atom. The lowest BCUT2D eigenvalue weighted by atomic mass is 10.1. The molecule has 0 saturated carbocycles. The second-order valence-corrected chi connectivity index (χ2v) is 7.27. The quantitative estimate of drug-likeness (QED) is 0.445. The van der Waals surface area contributed by atoms with Crippen molar-refractivity contribution in [2.75, 3.05) is 12.3 Å². The van der Waals surface area contributed by atoms with Gasteiger partial charge in [-0.25, -0.2) is 0 Å². The van der Waals surface area contributed by atoms with Crippen LogP contribution in [0, 0.1) is 11.3 Å².